The summed E-state index contributed by atoms with van der Waals surface area (Å²) in [6.07, 6.45) is 12.3. The Morgan fingerprint density at radius 1 is 1.04 bits per heavy atom. The van der Waals surface area contributed by atoms with E-state index in [-0.39, 0.29) is 6.10 Å². The summed E-state index contributed by atoms with van der Waals surface area (Å²) in [5.74, 6) is 1.22. The minimum Gasteiger partial charge on any atom is -0.393 e. The third-order valence-corrected chi connectivity index (χ3v) is 6.79. The zero-order chi connectivity index (χ0) is 18.8. The van der Waals surface area contributed by atoms with Crippen molar-refractivity contribution >= 4 is 10.9 Å². The Hall–Kier alpha value is -2.25. The number of hydrogen-bond acceptors (Lipinski definition) is 5. The average molecular weight is 378 g/mol. The lowest BCUT2D eigenvalue weighted by atomic mass is 9.80. The molecule has 0 amide bonds. The Labute approximate surface area is 163 Å². The maximum Gasteiger partial charge on any atom is 0.0960 e. The van der Waals surface area contributed by atoms with Gasteiger partial charge in [0.05, 0.1) is 35.1 Å². The fourth-order valence-corrected chi connectivity index (χ4v) is 4.60. The van der Waals surface area contributed by atoms with Gasteiger partial charge in [-0.15, -0.1) is 0 Å². The topological polar surface area (TPSA) is 94.8 Å². The van der Waals surface area contributed by atoms with E-state index in [0.29, 0.717) is 23.9 Å². The van der Waals surface area contributed by atoms with Crippen molar-refractivity contribution in [2.45, 2.75) is 62.6 Å². The Morgan fingerprint density at radius 2 is 1.79 bits per heavy atom. The van der Waals surface area contributed by atoms with Gasteiger partial charge in [-0.1, -0.05) is 0 Å². The van der Waals surface area contributed by atoms with E-state index in [1.165, 1.54) is 18.5 Å². The predicted molar refractivity (Wildman–Crippen MR) is 106 cm³/mol. The maximum atomic E-state index is 9.57. The summed E-state index contributed by atoms with van der Waals surface area (Å²) < 4.78 is 4.16. The van der Waals surface area contributed by atoms with Gasteiger partial charge in [0.25, 0.3) is 0 Å². The van der Waals surface area contributed by atoms with Crippen molar-refractivity contribution in [3.05, 3.63) is 30.4 Å². The van der Waals surface area contributed by atoms with Gasteiger partial charge in [0, 0.05) is 35.5 Å². The van der Waals surface area contributed by atoms with Crippen LogP contribution in [0.5, 0.6) is 0 Å². The molecule has 7 nitrogen and oxygen atoms in total. The van der Waals surface area contributed by atoms with Crippen LogP contribution in [0.2, 0.25) is 0 Å². The van der Waals surface area contributed by atoms with Gasteiger partial charge < -0.3 is 10.8 Å². The summed E-state index contributed by atoms with van der Waals surface area (Å²) in [5.41, 5.74) is 10.1. The minimum absolute atomic E-state index is 0.177. The number of aromatic nitrogens is 5. The first-order chi connectivity index (χ1) is 13.7. The second-order valence-electron chi connectivity index (χ2n) is 8.93. The molecule has 7 heteroatoms. The molecule has 0 aromatic carbocycles. The van der Waals surface area contributed by atoms with E-state index < -0.39 is 0 Å². The number of hydrogen-bond donors (Lipinski definition) is 2. The van der Waals surface area contributed by atoms with Gasteiger partial charge in [-0.2, -0.15) is 10.2 Å². The molecular formula is C21H26N6O. The molecule has 6 rings (SSSR count). The molecule has 3 N–H and O–H groups in total. The lowest BCUT2D eigenvalue weighted by Gasteiger charge is -2.34. The van der Waals surface area contributed by atoms with Gasteiger partial charge in [0.2, 0.25) is 0 Å². The first-order valence-corrected chi connectivity index (χ1v) is 10.5. The third-order valence-electron chi connectivity index (χ3n) is 6.79. The van der Waals surface area contributed by atoms with Gasteiger partial charge in [-0.3, -0.25) is 14.3 Å². The molecular weight excluding hydrogens is 352 g/mol. The number of aliphatic hydroxyl groups is 1. The lowest BCUT2D eigenvalue weighted by molar-refractivity contribution is 0.0437. The molecule has 0 bridgehead atoms. The number of rotatable bonds is 5. The Kier molecular flexibility index (Phi) is 3.65. The molecule has 3 fully saturated rings. The molecule has 0 atom stereocenters. The third kappa shape index (κ3) is 2.68. The number of pyridine rings is 1. The highest BCUT2D eigenvalue weighted by atomic mass is 16.3. The second-order valence-corrected chi connectivity index (χ2v) is 8.93. The SMILES string of the molecule is NC[C@H]1C[C@H](n2cc(-c3cc4nn(C5CC(O)C5)cc4cn3)c(C3CC3)n2)C1. The highest BCUT2D eigenvalue weighted by molar-refractivity contribution is 5.81. The molecule has 3 aliphatic rings. The van der Waals surface area contributed by atoms with E-state index in [4.69, 9.17) is 20.9 Å². The zero-order valence-corrected chi connectivity index (χ0v) is 15.9. The Balaban J connectivity index is 1.33. The fourth-order valence-electron chi connectivity index (χ4n) is 4.60. The molecule has 3 heterocycles. The zero-order valence-electron chi connectivity index (χ0n) is 15.9. The quantitative estimate of drug-likeness (QED) is 0.712. The van der Waals surface area contributed by atoms with E-state index in [2.05, 4.69) is 23.1 Å². The summed E-state index contributed by atoms with van der Waals surface area (Å²) in [7, 11) is 0. The van der Waals surface area contributed by atoms with Gasteiger partial charge >= 0.3 is 0 Å². The van der Waals surface area contributed by atoms with Crippen molar-refractivity contribution in [1.82, 2.24) is 24.5 Å². The van der Waals surface area contributed by atoms with Gasteiger partial charge in [-0.25, -0.2) is 0 Å². The average Bonchev–Trinajstić information content (AvgIpc) is 3.24. The summed E-state index contributed by atoms with van der Waals surface area (Å²) in [4.78, 5) is 4.75. The van der Waals surface area contributed by atoms with Gasteiger partial charge in [0.1, 0.15) is 0 Å². The molecule has 0 unspecified atom stereocenters. The lowest BCUT2D eigenvalue weighted by Crippen LogP contribution is -2.32. The summed E-state index contributed by atoms with van der Waals surface area (Å²) in [6.45, 7) is 0.777. The van der Waals surface area contributed by atoms with Crippen molar-refractivity contribution in [2.75, 3.05) is 6.54 Å². The summed E-state index contributed by atoms with van der Waals surface area (Å²) in [5, 5.41) is 20.3. The van der Waals surface area contributed by atoms with E-state index in [0.717, 1.165) is 54.4 Å². The van der Waals surface area contributed by atoms with Crippen LogP contribution in [0.3, 0.4) is 0 Å². The molecule has 0 aliphatic heterocycles. The molecule has 146 valence electrons. The summed E-state index contributed by atoms with van der Waals surface area (Å²) >= 11 is 0. The van der Waals surface area contributed by atoms with Crippen molar-refractivity contribution < 1.29 is 5.11 Å². The molecule has 28 heavy (non-hydrogen) atoms. The second kappa shape index (κ2) is 6.12. The molecule has 0 spiro atoms. The van der Waals surface area contributed by atoms with Crippen LogP contribution in [-0.2, 0) is 0 Å². The molecule has 3 aliphatic carbocycles. The van der Waals surface area contributed by atoms with Gasteiger partial charge in [0.15, 0.2) is 0 Å². The maximum absolute atomic E-state index is 9.57. The molecule has 3 saturated carbocycles. The van der Waals surface area contributed by atoms with Crippen molar-refractivity contribution in [2.24, 2.45) is 11.7 Å². The van der Waals surface area contributed by atoms with Crippen molar-refractivity contribution in [3.63, 3.8) is 0 Å². The van der Waals surface area contributed by atoms with Crippen LogP contribution < -0.4 is 5.73 Å². The highest BCUT2D eigenvalue weighted by Gasteiger charge is 2.35. The van der Waals surface area contributed by atoms with Crippen LogP contribution in [0.25, 0.3) is 22.2 Å². The first-order valence-electron chi connectivity index (χ1n) is 10.5. The Morgan fingerprint density at radius 3 is 2.50 bits per heavy atom. The molecule has 3 aromatic heterocycles. The first kappa shape index (κ1) is 16.7. The number of nitrogens with two attached hydrogens (primary N) is 1. The minimum atomic E-state index is -0.177. The van der Waals surface area contributed by atoms with Crippen molar-refractivity contribution in [3.8, 4) is 11.3 Å². The molecule has 0 saturated heterocycles. The van der Waals surface area contributed by atoms with E-state index in [1.54, 1.807) is 0 Å². The smallest absolute Gasteiger partial charge is 0.0960 e. The van der Waals surface area contributed by atoms with Crippen molar-refractivity contribution in [1.29, 1.82) is 0 Å². The number of nitrogens with zero attached hydrogens (tertiary/aromatic N) is 5. The number of aliphatic hydroxyl groups excluding tert-OH is 1. The van der Waals surface area contributed by atoms with E-state index in [9.17, 15) is 5.11 Å². The highest BCUT2D eigenvalue weighted by Crippen LogP contribution is 2.45. The Bertz CT molecular complexity index is 1020. The van der Waals surface area contributed by atoms with Crippen LogP contribution in [0.4, 0.5) is 0 Å². The van der Waals surface area contributed by atoms with Gasteiger partial charge in [-0.05, 0) is 57.1 Å². The van der Waals surface area contributed by atoms with E-state index >= 15 is 0 Å². The van der Waals surface area contributed by atoms with Crippen LogP contribution in [0.15, 0.2) is 24.7 Å². The monoisotopic (exact) mass is 378 g/mol. The molecule has 0 radical (unpaired) electrons. The fraction of sp³-hybridized carbons (Fsp3) is 0.571. The number of fused-ring (bicyclic) bond motifs is 1. The molecule has 3 aromatic rings. The predicted octanol–water partition coefficient (Wildman–Crippen LogP) is 2.78. The van der Waals surface area contributed by atoms with Crippen LogP contribution in [-0.4, -0.2) is 42.3 Å². The summed E-state index contributed by atoms with van der Waals surface area (Å²) in [6, 6.07) is 2.88. The van der Waals surface area contributed by atoms with Crippen LogP contribution >= 0.6 is 0 Å². The largest absolute Gasteiger partial charge is 0.393 e. The van der Waals surface area contributed by atoms with Crippen LogP contribution in [0, 0.1) is 5.92 Å². The standard InChI is InChI=1S/C21H26N6O/c22-8-12-3-15(4-12)27-11-18(21(25-27)13-1-2-13)20-7-19-14(9-23-20)10-26(24-19)16-5-17(28)6-16/h7,9-13,15-17,28H,1-6,8,22H2/t12-,15-,16?,17?. The normalized spacial score (nSPS) is 29.6. The van der Waals surface area contributed by atoms with E-state index in [1.807, 2.05) is 10.9 Å². The van der Waals surface area contributed by atoms with Crippen LogP contribution in [0.1, 0.15) is 62.2 Å².